The van der Waals surface area contributed by atoms with Crippen LogP contribution in [0.5, 0.6) is 0 Å². The van der Waals surface area contributed by atoms with Gasteiger partial charge in [0.2, 0.25) is 15.9 Å². The Balaban J connectivity index is 1.80. The number of sulfonamides is 1. The predicted molar refractivity (Wildman–Crippen MR) is 93.8 cm³/mol. The van der Waals surface area contributed by atoms with Gasteiger partial charge in [0.1, 0.15) is 0 Å². The largest absolute Gasteiger partial charge is 0.356 e. The van der Waals surface area contributed by atoms with E-state index in [2.05, 4.69) is 5.32 Å². The molecule has 0 aliphatic rings. The normalized spacial score (nSPS) is 12.6. The lowest BCUT2D eigenvalue weighted by Crippen LogP contribution is -2.31. The van der Waals surface area contributed by atoms with Gasteiger partial charge in [-0.1, -0.05) is 49.4 Å². The average Bonchev–Trinajstić information content (AvgIpc) is 2.55. The van der Waals surface area contributed by atoms with Crippen LogP contribution in [0.25, 0.3) is 0 Å². The summed E-state index contributed by atoms with van der Waals surface area (Å²) < 4.78 is 22.4. The molecule has 2 aromatic rings. The third kappa shape index (κ3) is 5.47. The zero-order valence-corrected chi connectivity index (χ0v) is 14.4. The summed E-state index contributed by atoms with van der Waals surface area (Å²) in [5, 5.41) is 7.97. The zero-order chi connectivity index (χ0) is 17.6. The Morgan fingerprint density at radius 1 is 1.04 bits per heavy atom. The molecule has 1 amide bonds. The molecule has 1 atom stereocenters. The van der Waals surface area contributed by atoms with Crippen LogP contribution in [0.1, 0.15) is 18.1 Å². The summed E-state index contributed by atoms with van der Waals surface area (Å²) >= 11 is 0. The fraction of sp³-hybridized carbons (Fsp3) is 0.278. The van der Waals surface area contributed by atoms with Crippen molar-refractivity contribution in [1.29, 1.82) is 0 Å². The van der Waals surface area contributed by atoms with Crippen molar-refractivity contribution >= 4 is 15.9 Å². The SMILES string of the molecule is CC(Cc1ccccc1)C(=O)NCCc1ccc(S(N)(=O)=O)cc1. The van der Waals surface area contributed by atoms with E-state index in [0.717, 1.165) is 11.1 Å². The highest BCUT2D eigenvalue weighted by Crippen LogP contribution is 2.10. The van der Waals surface area contributed by atoms with Crippen molar-refractivity contribution in [2.75, 3.05) is 6.54 Å². The number of rotatable bonds is 7. The number of hydrogen-bond acceptors (Lipinski definition) is 3. The maximum absolute atomic E-state index is 12.1. The number of nitrogens with one attached hydrogen (secondary N) is 1. The molecule has 5 nitrogen and oxygen atoms in total. The first-order chi connectivity index (χ1) is 11.4. The molecule has 3 N–H and O–H groups in total. The Morgan fingerprint density at radius 3 is 2.25 bits per heavy atom. The van der Waals surface area contributed by atoms with Crippen LogP contribution in [-0.2, 0) is 27.7 Å². The van der Waals surface area contributed by atoms with E-state index in [9.17, 15) is 13.2 Å². The second-order valence-electron chi connectivity index (χ2n) is 5.82. The van der Waals surface area contributed by atoms with Crippen LogP contribution in [0.4, 0.5) is 0 Å². The summed E-state index contributed by atoms with van der Waals surface area (Å²) in [6, 6.07) is 16.3. The second kappa shape index (κ2) is 8.08. The summed E-state index contributed by atoms with van der Waals surface area (Å²) in [5.41, 5.74) is 2.08. The topological polar surface area (TPSA) is 89.3 Å². The molecule has 6 heteroatoms. The molecule has 0 aromatic heterocycles. The van der Waals surface area contributed by atoms with Gasteiger partial charge in [0, 0.05) is 12.5 Å². The maximum atomic E-state index is 12.1. The first-order valence-corrected chi connectivity index (χ1v) is 9.34. The Kier molecular flexibility index (Phi) is 6.11. The molecule has 0 aliphatic carbocycles. The number of nitrogens with two attached hydrogens (primary N) is 1. The van der Waals surface area contributed by atoms with E-state index >= 15 is 0 Å². The standard InChI is InChI=1S/C18H22N2O3S/c1-14(13-16-5-3-2-4-6-16)18(21)20-12-11-15-7-9-17(10-8-15)24(19,22)23/h2-10,14H,11-13H2,1H3,(H,20,21)(H2,19,22,23). The molecule has 128 valence electrons. The summed E-state index contributed by atoms with van der Waals surface area (Å²) in [5.74, 6) is -0.0860. The minimum atomic E-state index is -3.66. The van der Waals surface area contributed by atoms with Gasteiger partial charge in [0.05, 0.1) is 4.90 Å². The predicted octanol–water partition coefficient (Wildman–Crippen LogP) is 1.87. The quantitative estimate of drug-likeness (QED) is 0.802. The Bertz CT molecular complexity index is 772. The molecule has 0 bridgehead atoms. The molecule has 0 saturated heterocycles. The number of primary sulfonamides is 1. The molecule has 24 heavy (non-hydrogen) atoms. The molecule has 1 unspecified atom stereocenters. The van der Waals surface area contributed by atoms with E-state index < -0.39 is 10.0 Å². The van der Waals surface area contributed by atoms with Crippen molar-refractivity contribution in [1.82, 2.24) is 5.32 Å². The van der Waals surface area contributed by atoms with E-state index in [1.165, 1.54) is 12.1 Å². The fourth-order valence-corrected chi connectivity index (χ4v) is 2.93. The van der Waals surface area contributed by atoms with Crippen LogP contribution >= 0.6 is 0 Å². The third-order valence-electron chi connectivity index (χ3n) is 3.80. The van der Waals surface area contributed by atoms with Gasteiger partial charge in [0.25, 0.3) is 0 Å². The molecular formula is C18H22N2O3S. The number of amides is 1. The molecule has 0 saturated carbocycles. The van der Waals surface area contributed by atoms with Crippen LogP contribution < -0.4 is 10.5 Å². The fourth-order valence-electron chi connectivity index (χ4n) is 2.41. The summed E-state index contributed by atoms with van der Waals surface area (Å²) in [4.78, 5) is 12.2. The van der Waals surface area contributed by atoms with Crippen molar-refractivity contribution < 1.29 is 13.2 Å². The van der Waals surface area contributed by atoms with Gasteiger partial charge in [-0.3, -0.25) is 4.79 Å². The van der Waals surface area contributed by atoms with Crippen molar-refractivity contribution in [3.63, 3.8) is 0 Å². The van der Waals surface area contributed by atoms with Crippen LogP contribution in [0.3, 0.4) is 0 Å². The summed E-state index contributed by atoms with van der Waals surface area (Å²) in [6.45, 7) is 2.41. The van der Waals surface area contributed by atoms with Gasteiger partial charge in [-0.2, -0.15) is 0 Å². The smallest absolute Gasteiger partial charge is 0.238 e. The van der Waals surface area contributed by atoms with Gasteiger partial charge < -0.3 is 5.32 Å². The summed E-state index contributed by atoms with van der Waals surface area (Å²) in [7, 11) is -3.66. The monoisotopic (exact) mass is 346 g/mol. The minimum absolute atomic E-state index is 0.0139. The molecule has 2 aromatic carbocycles. The van der Waals surface area contributed by atoms with Gasteiger partial charge >= 0.3 is 0 Å². The van der Waals surface area contributed by atoms with Crippen LogP contribution in [0.2, 0.25) is 0 Å². The van der Waals surface area contributed by atoms with E-state index in [4.69, 9.17) is 5.14 Å². The van der Waals surface area contributed by atoms with Gasteiger partial charge in [-0.15, -0.1) is 0 Å². The van der Waals surface area contributed by atoms with Gasteiger partial charge in [-0.05, 0) is 36.1 Å². The first kappa shape index (κ1) is 18.2. The Labute approximate surface area is 142 Å². The second-order valence-corrected chi connectivity index (χ2v) is 7.38. The highest BCUT2D eigenvalue weighted by atomic mass is 32.2. The zero-order valence-electron chi connectivity index (χ0n) is 13.6. The maximum Gasteiger partial charge on any atom is 0.238 e. The molecule has 0 radical (unpaired) electrons. The molecule has 0 spiro atoms. The van der Waals surface area contributed by atoms with Gasteiger partial charge in [0.15, 0.2) is 0 Å². The molecule has 0 aliphatic heterocycles. The molecular weight excluding hydrogens is 324 g/mol. The summed E-state index contributed by atoms with van der Waals surface area (Å²) in [6.07, 6.45) is 1.34. The number of benzene rings is 2. The van der Waals surface area contributed by atoms with Crippen LogP contribution in [0.15, 0.2) is 59.5 Å². The van der Waals surface area contributed by atoms with Crippen molar-refractivity contribution in [3.05, 3.63) is 65.7 Å². The highest BCUT2D eigenvalue weighted by Gasteiger charge is 2.13. The first-order valence-electron chi connectivity index (χ1n) is 7.79. The lowest BCUT2D eigenvalue weighted by molar-refractivity contribution is -0.124. The molecule has 2 rings (SSSR count). The number of carbonyl (C=O) groups excluding carboxylic acids is 1. The van der Waals surface area contributed by atoms with E-state index in [-0.39, 0.29) is 16.7 Å². The lowest BCUT2D eigenvalue weighted by Gasteiger charge is -2.12. The van der Waals surface area contributed by atoms with E-state index in [1.807, 2.05) is 37.3 Å². The minimum Gasteiger partial charge on any atom is -0.356 e. The van der Waals surface area contributed by atoms with Crippen LogP contribution in [0, 0.1) is 5.92 Å². The van der Waals surface area contributed by atoms with Crippen molar-refractivity contribution in [3.8, 4) is 0 Å². The van der Waals surface area contributed by atoms with E-state index in [0.29, 0.717) is 19.4 Å². The lowest BCUT2D eigenvalue weighted by atomic mass is 10.0. The number of carbonyl (C=O) groups is 1. The third-order valence-corrected chi connectivity index (χ3v) is 4.73. The average molecular weight is 346 g/mol. The van der Waals surface area contributed by atoms with Crippen molar-refractivity contribution in [2.45, 2.75) is 24.7 Å². The molecule has 0 fully saturated rings. The van der Waals surface area contributed by atoms with Gasteiger partial charge in [-0.25, -0.2) is 13.6 Å². The Hall–Kier alpha value is -2.18. The van der Waals surface area contributed by atoms with E-state index in [1.54, 1.807) is 12.1 Å². The highest BCUT2D eigenvalue weighted by molar-refractivity contribution is 7.89. The van der Waals surface area contributed by atoms with Crippen molar-refractivity contribution in [2.24, 2.45) is 11.1 Å². The Morgan fingerprint density at radius 2 is 1.67 bits per heavy atom. The van der Waals surface area contributed by atoms with Crippen LogP contribution in [-0.4, -0.2) is 20.9 Å². The molecule has 0 heterocycles. The number of hydrogen-bond donors (Lipinski definition) is 2.